The van der Waals surface area contributed by atoms with Gasteiger partial charge >= 0.3 is 11.4 Å². The Morgan fingerprint density at radius 3 is 1.41 bits per heavy atom. The van der Waals surface area contributed by atoms with Crippen molar-refractivity contribution in [3.63, 3.8) is 0 Å². The monoisotopic (exact) mass is 1280 g/mol. The Kier molecular flexibility index (Phi) is 15.7. The van der Waals surface area contributed by atoms with Crippen LogP contribution in [0, 0.1) is 32.6 Å². The molecule has 0 fully saturated rings. The van der Waals surface area contributed by atoms with Crippen molar-refractivity contribution in [1.82, 2.24) is 37.4 Å². The summed E-state index contributed by atoms with van der Waals surface area (Å²) in [7, 11) is 5.90. The topological polar surface area (TPSA) is 195 Å². The maximum atomic E-state index is 15.3. The van der Waals surface area contributed by atoms with Gasteiger partial charge in [-0.3, -0.25) is 47.4 Å². The molecule has 0 aliphatic carbocycles. The highest BCUT2D eigenvalue weighted by molar-refractivity contribution is 14.1. The third-order valence-electron chi connectivity index (χ3n) is 12.5. The van der Waals surface area contributed by atoms with Crippen LogP contribution >= 0.6 is 45.2 Å². The maximum absolute atomic E-state index is 15.3. The molecule has 0 saturated heterocycles. The fourth-order valence-electron chi connectivity index (χ4n) is 8.53. The zero-order valence-electron chi connectivity index (χ0n) is 42.3. The maximum Gasteiger partial charge on any atom is 0.337 e. The first-order valence-electron chi connectivity index (χ1n) is 23.5. The van der Waals surface area contributed by atoms with Crippen molar-refractivity contribution in [3.8, 4) is 45.9 Å². The van der Waals surface area contributed by atoms with Crippen molar-refractivity contribution in [2.24, 2.45) is 14.1 Å². The fourth-order valence-corrected chi connectivity index (χ4v) is 9.44. The number of halogens is 4. The van der Waals surface area contributed by atoms with Gasteiger partial charge in [0.15, 0.2) is 0 Å². The molecule has 0 saturated carbocycles. The largest absolute Gasteiger partial charge is 0.497 e. The van der Waals surface area contributed by atoms with Gasteiger partial charge in [-0.05, 0) is 149 Å². The SMILES string of the molecule is COc1ccc(Cn2c(=O)c3c(Oc4ccnc(C)c4)cc(=O)n(C)c3n(-c3ccc(I)cc3F)c2=O)cc1.COc1ccc(Cn2c(=O)c3c(Oc4cnccc4C)cc(=O)n(C)c3n(-c3ccc(I)cc3F)c2=O)cc1. The summed E-state index contributed by atoms with van der Waals surface area (Å²) in [6, 6.07) is 29.7. The number of pyridine rings is 4. The normalized spacial score (nSPS) is 11.1. The van der Waals surface area contributed by atoms with Gasteiger partial charge in [0.05, 0.1) is 44.9 Å². The molecule has 0 radical (unpaired) electrons. The predicted octanol–water partition coefficient (Wildman–Crippen LogP) is 8.29. The molecule has 6 aromatic heterocycles. The number of nitrogens with zero attached hydrogens (tertiary/aromatic N) is 8. The molecule has 6 heterocycles. The Morgan fingerprint density at radius 1 is 0.526 bits per heavy atom. The first kappa shape index (κ1) is 54.3. The lowest BCUT2D eigenvalue weighted by molar-refractivity contribution is 0.414. The van der Waals surface area contributed by atoms with Crippen molar-refractivity contribution in [3.05, 3.63) is 237 Å². The van der Waals surface area contributed by atoms with Gasteiger partial charge in [0, 0.05) is 57.5 Å². The van der Waals surface area contributed by atoms with E-state index < -0.39 is 45.3 Å². The number of fused-ring (bicyclic) bond motifs is 2. The van der Waals surface area contributed by atoms with Crippen molar-refractivity contribution in [1.29, 1.82) is 0 Å². The predicted molar refractivity (Wildman–Crippen MR) is 306 cm³/mol. The number of benzene rings is 4. The lowest BCUT2D eigenvalue weighted by Crippen LogP contribution is -2.42. The van der Waals surface area contributed by atoms with Crippen LogP contribution in [0.4, 0.5) is 8.78 Å². The molecular formula is C56H44F2I2N8O10. The molecule has 18 nitrogen and oxygen atoms in total. The number of rotatable bonds is 12. The molecule has 0 aliphatic heterocycles. The lowest BCUT2D eigenvalue weighted by atomic mass is 10.2. The van der Waals surface area contributed by atoms with Crippen LogP contribution in [-0.2, 0) is 27.2 Å². The van der Waals surface area contributed by atoms with E-state index >= 15 is 8.78 Å². The molecule has 10 rings (SSSR count). The molecule has 22 heteroatoms. The van der Waals surface area contributed by atoms with E-state index in [0.717, 1.165) is 33.0 Å². The summed E-state index contributed by atoms with van der Waals surface area (Å²) >= 11 is 3.92. The molecule has 0 N–H and O–H groups in total. The highest BCUT2D eigenvalue weighted by atomic mass is 127. The number of methoxy groups -OCH3 is 2. The second-order valence-corrected chi connectivity index (χ2v) is 20.1. The lowest BCUT2D eigenvalue weighted by Gasteiger charge is -2.19. The number of aromatic nitrogens is 8. The van der Waals surface area contributed by atoms with E-state index in [1.807, 2.05) is 45.2 Å². The summed E-state index contributed by atoms with van der Waals surface area (Å²) in [5.74, 6) is 0.374. The number of hydrogen-bond acceptors (Lipinski definition) is 12. The van der Waals surface area contributed by atoms with Crippen molar-refractivity contribution < 1.29 is 27.7 Å². The van der Waals surface area contributed by atoms with Gasteiger partial charge in [0.25, 0.3) is 22.2 Å². The van der Waals surface area contributed by atoms with E-state index in [4.69, 9.17) is 18.9 Å². The molecule has 0 amide bonds. The molecule has 396 valence electrons. The summed E-state index contributed by atoms with van der Waals surface area (Å²) in [5, 5.41) is -0.121. The van der Waals surface area contributed by atoms with Crippen LogP contribution in [0.25, 0.3) is 33.4 Å². The molecule has 0 spiro atoms. The second-order valence-electron chi connectivity index (χ2n) is 17.6. The molecule has 0 unspecified atom stereocenters. The van der Waals surface area contributed by atoms with Crippen molar-refractivity contribution in [2.75, 3.05) is 14.2 Å². The van der Waals surface area contributed by atoms with Gasteiger partial charge in [-0.1, -0.05) is 24.3 Å². The van der Waals surface area contributed by atoms with E-state index in [9.17, 15) is 28.8 Å². The Balaban J connectivity index is 0.000000190. The number of aryl methyl sites for hydroxylation is 4. The summed E-state index contributed by atoms with van der Waals surface area (Å²) in [4.78, 5) is 90.1. The summed E-state index contributed by atoms with van der Waals surface area (Å²) in [6.45, 7) is 3.34. The van der Waals surface area contributed by atoms with E-state index in [1.165, 1.54) is 77.1 Å². The average molecular weight is 1280 g/mol. The third-order valence-corrected chi connectivity index (χ3v) is 13.9. The molecule has 0 bridgehead atoms. The minimum atomic E-state index is -0.812. The van der Waals surface area contributed by atoms with E-state index in [1.54, 1.807) is 98.9 Å². The van der Waals surface area contributed by atoms with Gasteiger partial charge in [0.1, 0.15) is 68.2 Å². The zero-order valence-corrected chi connectivity index (χ0v) is 46.6. The third kappa shape index (κ3) is 10.8. The van der Waals surface area contributed by atoms with E-state index in [2.05, 4.69) is 9.97 Å². The molecule has 78 heavy (non-hydrogen) atoms. The van der Waals surface area contributed by atoms with Crippen molar-refractivity contribution in [2.45, 2.75) is 26.9 Å². The van der Waals surface area contributed by atoms with Crippen LogP contribution in [0.5, 0.6) is 34.5 Å². The second kappa shape index (κ2) is 22.6. The van der Waals surface area contributed by atoms with E-state index in [-0.39, 0.29) is 58.0 Å². The van der Waals surface area contributed by atoms with Gasteiger partial charge < -0.3 is 18.9 Å². The molecule has 10 aromatic rings. The minimum Gasteiger partial charge on any atom is -0.497 e. The molecule has 0 aliphatic rings. The Labute approximate surface area is 467 Å². The Hall–Kier alpha value is -8.52. The van der Waals surface area contributed by atoms with Gasteiger partial charge in [0.2, 0.25) is 0 Å². The van der Waals surface area contributed by atoms with Gasteiger partial charge in [-0.2, -0.15) is 0 Å². The van der Waals surface area contributed by atoms with Crippen LogP contribution in [0.2, 0.25) is 0 Å². The minimum absolute atomic E-state index is 0.0578. The van der Waals surface area contributed by atoms with Crippen LogP contribution in [0.3, 0.4) is 0 Å². The Bertz CT molecular complexity index is 4380. The highest BCUT2D eigenvalue weighted by Crippen LogP contribution is 2.31. The average Bonchev–Trinajstić information content (AvgIpc) is 3.42. The molecule has 4 aromatic carbocycles. The highest BCUT2D eigenvalue weighted by Gasteiger charge is 2.26. The van der Waals surface area contributed by atoms with Crippen LogP contribution in [0.1, 0.15) is 22.4 Å². The number of ether oxygens (including phenoxy) is 4. The van der Waals surface area contributed by atoms with Crippen molar-refractivity contribution >= 4 is 67.2 Å². The van der Waals surface area contributed by atoms with Gasteiger partial charge in [-0.25, -0.2) is 27.5 Å². The summed E-state index contributed by atoms with van der Waals surface area (Å²) in [5.41, 5.74) is -1.86. The van der Waals surface area contributed by atoms with Gasteiger partial charge in [-0.15, -0.1) is 0 Å². The Morgan fingerprint density at radius 2 is 0.987 bits per heavy atom. The van der Waals surface area contributed by atoms with Crippen LogP contribution < -0.4 is 52.6 Å². The standard InChI is InChI=1S/2C28H22FIN4O5/c1-16-12-20(10-11-31-16)39-23-14-24(35)32(2)26-25(23)27(36)33(15-17-4-7-19(38-3)8-5-17)28(37)34(26)22-9-6-18(30)13-21(22)29;1-16-10-11-31-14-23(16)39-22-13-24(35)32(2)26-25(22)27(36)33(15-17-4-7-19(38-3)8-5-17)28(37)34(26)21-9-6-18(30)12-20(21)29/h2*4-14H,15H2,1-3H3. The van der Waals surface area contributed by atoms with Crippen LogP contribution in [0.15, 0.2) is 163 Å². The summed E-state index contributed by atoms with van der Waals surface area (Å²) in [6.07, 6.45) is 4.58. The van der Waals surface area contributed by atoms with E-state index in [0.29, 0.717) is 47.0 Å². The molecule has 0 atom stereocenters. The first-order chi connectivity index (χ1) is 37.4. The first-order valence-corrected chi connectivity index (χ1v) is 25.7. The number of hydrogen-bond donors (Lipinski definition) is 0. The smallest absolute Gasteiger partial charge is 0.337 e. The fraction of sp³-hybridized carbons (Fsp3) is 0.143. The zero-order chi connectivity index (χ0) is 55.7. The van der Waals surface area contributed by atoms with Crippen LogP contribution in [-0.4, -0.2) is 51.6 Å². The molecular weight excluding hydrogens is 1240 g/mol. The quantitative estimate of drug-likeness (QED) is 0.106. The summed E-state index contributed by atoms with van der Waals surface area (Å²) < 4.78 is 60.7.